The van der Waals surface area contributed by atoms with E-state index in [-0.39, 0.29) is 23.8 Å². The van der Waals surface area contributed by atoms with E-state index in [4.69, 9.17) is 4.74 Å². The molecule has 0 aromatic heterocycles. The van der Waals surface area contributed by atoms with Gasteiger partial charge >= 0.3 is 5.97 Å². The third-order valence-electron chi connectivity index (χ3n) is 5.51. The number of nitro groups is 1. The van der Waals surface area contributed by atoms with E-state index in [1.165, 1.54) is 12.1 Å². The summed E-state index contributed by atoms with van der Waals surface area (Å²) in [6.45, 7) is 12.2. The Bertz CT molecular complexity index is 685. The summed E-state index contributed by atoms with van der Waals surface area (Å²) in [5, 5.41) is 24.6. The molecule has 0 radical (unpaired) electrons. The smallest absolute Gasteiger partial charge is 0.323 e. The minimum absolute atomic E-state index is 0.0706. The monoisotopic (exact) mass is 464 g/mol. The minimum atomic E-state index is -0.402. The second-order valence-electron chi connectivity index (χ2n) is 8.50. The van der Waals surface area contributed by atoms with Crippen molar-refractivity contribution in [1.29, 1.82) is 0 Å². The number of esters is 1. The Morgan fingerprint density at radius 3 is 1.88 bits per heavy atom. The molecule has 1 saturated heterocycles. The molecule has 10 nitrogen and oxygen atoms in total. The van der Waals surface area contributed by atoms with Crippen molar-refractivity contribution in [3.63, 3.8) is 0 Å². The molecule has 33 heavy (non-hydrogen) atoms. The largest absolute Gasteiger partial charge is 0.462 e. The van der Waals surface area contributed by atoms with E-state index in [0.29, 0.717) is 12.8 Å². The zero-order valence-electron chi connectivity index (χ0n) is 20.0. The van der Waals surface area contributed by atoms with Gasteiger partial charge < -0.3 is 26.0 Å². The zero-order chi connectivity index (χ0) is 23.9. The third-order valence-corrected chi connectivity index (χ3v) is 5.51. The van der Waals surface area contributed by atoms with Gasteiger partial charge in [0.2, 0.25) is 0 Å². The molecule has 0 spiro atoms. The van der Waals surface area contributed by atoms with Gasteiger partial charge in [0.1, 0.15) is 6.04 Å². The highest BCUT2D eigenvalue weighted by Crippen LogP contribution is 2.16. The first-order valence-corrected chi connectivity index (χ1v) is 12.0. The number of nitro benzene ring substituents is 1. The fourth-order valence-corrected chi connectivity index (χ4v) is 3.75. The maximum atomic E-state index is 13.0. The molecule has 0 amide bonds. The van der Waals surface area contributed by atoms with Gasteiger partial charge in [-0.05, 0) is 32.3 Å². The lowest BCUT2D eigenvalue weighted by molar-refractivity contribution is -0.384. The number of hydrogen-bond donors (Lipinski definition) is 4. The average molecular weight is 465 g/mol. The van der Waals surface area contributed by atoms with Crippen molar-refractivity contribution in [1.82, 2.24) is 26.2 Å². The summed E-state index contributed by atoms with van der Waals surface area (Å²) in [5.74, 6) is -0.215. The Labute approximate surface area is 197 Å². The van der Waals surface area contributed by atoms with Crippen molar-refractivity contribution in [3.8, 4) is 0 Å². The molecule has 1 fully saturated rings. The van der Waals surface area contributed by atoms with Gasteiger partial charge in [-0.2, -0.15) is 0 Å². The first-order valence-electron chi connectivity index (χ1n) is 12.0. The minimum Gasteiger partial charge on any atom is -0.462 e. The van der Waals surface area contributed by atoms with E-state index in [9.17, 15) is 14.9 Å². The van der Waals surface area contributed by atoms with Gasteiger partial charge in [0, 0.05) is 77.6 Å². The van der Waals surface area contributed by atoms with E-state index in [0.717, 1.165) is 71.0 Å². The maximum Gasteiger partial charge on any atom is 0.323 e. The van der Waals surface area contributed by atoms with Crippen LogP contribution >= 0.6 is 0 Å². The lowest BCUT2D eigenvalue weighted by Gasteiger charge is -2.31. The van der Waals surface area contributed by atoms with Gasteiger partial charge in [-0.1, -0.05) is 12.1 Å². The molecule has 1 heterocycles. The predicted octanol–water partition coefficient (Wildman–Crippen LogP) is 0.522. The second kappa shape index (κ2) is 15.7. The van der Waals surface area contributed by atoms with Gasteiger partial charge in [-0.25, -0.2) is 0 Å². The van der Waals surface area contributed by atoms with Crippen molar-refractivity contribution < 1.29 is 14.5 Å². The van der Waals surface area contributed by atoms with Crippen molar-refractivity contribution in [2.24, 2.45) is 0 Å². The molecule has 1 aliphatic heterocycles. The van der Waals surface area contributed by atoms with Crippen molar-refractivity contribution in [2.75, 3.05) is 65.4 Å². The van der Waals surface area contributed by atoms with Crippen LogP contribution in [-0.4, -0.2) is 93.4 Å². The number of rotatable bonds is 7. The highest BCUT2D eigenvalue weighted by Gasteiger charge is 2.27. The standard InChI is InChI=1S/C23H40N6O4/c1-19(2)33-23(30)22(8-5-20-3-6-21(7-4-20)29(31)32)28-17-15-26-13-11-24-9-10-25-12-14-27-16-18-28/h3-4,6-7,19,22,24-27H,5,8-18H2,1-2H3. The van der Waals surface area contributed by atoms with E-state index < -0.39 is 4.92 Å². The van der Waals surface area contributed by atoms with Crippen LogP contribution in [0.4, 0.5) is 5.69 Å². The molecule has 0 aliphatic carbocycles. The van der Waals surface area contributed by atoms with Gasteiger partial charge in [0.15, 0.2) is 0 Å². The van der Waals surface area contributed by atoms with Gasteiger partial charge in [0.25, 0.3) is 5.69 Å². The van der Waals surface area contributed by atoms with E-state index in [1.54, 1.807) is 12.1 Å². The summed E-state index contributed by atoms with van der Waals surface area (Å²) < 4.78 is 5.60. The first kappa shape index (κ1) is 27.1. The van der Waals surface area contributed by atoms with E-state index >= 15 is 0 Å². The van der Waals surface area contributed by atoms with Crippen LogP contribution in [0.5, 0.6) is 0 Å². The van der Waals surface area contributed by atoms with Crippen LogP contribution in [0, 0.1) is 10.1 Å². The van der Waals surface area contributed by atoms with Crippen molar-refractivity contribution in [2.45, 2.75) is 38.8 Å². The number of non-ortho nitro benzene ring substituents is 1. The number of hydrogen-bond acceptors (Lipinski definition) is 9. The number of benzene rings is 1. The SMILES string of the molecule is CC(C)OC(=O)C(CCc1ccc([N+](=O)[O-])cc1)N1CCNCCNCCNCCNCC1. The molecule has 186 valence electrons. The van der Waals surface area contributed by atoms with Crippen LogP contribution in [0.2, 0.25) is 0 Å². The van der Waals surface area contributed by atoms with Gasteiger partial charge in [-0.15, -0.1) is 0 Å². The van der Waals surface area contributed by atoms with Gasteiger partial charge in [-0.3, -0.25) is 19.8 Å². The Morgan fingerprint density at radius 2 is 1.42 bits per heavy atom. The molecular formula is C23H40N6O4. The number of ether oxygens (including phenoxy) is 1. The second-order valence-corrected chi connectivity index (χ2v) is 8.50. The Balaban J connectivity index is 2.05. The summed E-state index contributed by atoms with van der Waals surface area (Å²) in [6, 6.07) is 6.17. The zero-order valence-corrected chi connectivity index (χ0v) is 20.0. The number of carbonyl (C=O) groups excluding carboxylic acids is 1. The summed E-state index contributed by atoms with van der Waals surface area (Å²) in [6.07, 6.45) is 1.05. The number of carbonyl (C=O) groups is 1. The molecule has 0 bridgehead atoms. The molecule has 1 aromatic carbocycles. The van der Waals surface area contributed by atoms with Crippen LogP contribution < -0.4 is 21.3 Å². The van der Waals surface area contributed by atoms with Crippen LogP contribution in [0.15, 0.2) is 24.3 Å². The maximum absolute atomic E-state index is 13.0. The molecule has 10 heteroatoms. The molecule has 1 aromatic rings. The van der Waals surface area contributed by atoms with E-state index in [2.05, 4.69) is 26.2 Å². The summed E-state index contributed by atoms with van der Waals surface area (Å²) in [5.41, 5.74) is 1.04. The molecule has 1 aliphatic rings. The molecule has 1 unspecified atom stereocenters. The summed E-state index contributed by atoms with van der Waals surface area (Å²) >= 11 is 0. The highest BCUT2D eigenvalue weighted by molar-refractivity contribution is 5.76. The average Bonchev–Trinajstić information content (AvgIpc) is 2.79. The normalized spacial score (nSPS) is 18.8. The molecular weight excluding hydrogens is 424 g/mol. The lowest BCUT2D eigenvalue weighted by atomic mass is 10.0. The van der Waals surface area contributed by atoms with Crippen LogP contribution in [0.1, 0.15) is 25.8 Å². The Morgan fingerprint density at radius 1 is 0.939 bits per heavy atom. The van der Waals surface area contributed by atoms with Crippen LogP contribution in [0.3, 0.4) is 0 Å². The number of nitrogens with zero attached hydrogens (tertiary/aromatic N) is 2. The van der Waals surface area contributed by atoms with E-state index in [1.807, 2.05) is 13.8 Å². The number of nitrogens with one attached hydrogen (secondary N) is 4. The van der Waals surface area contributed by atoms with Crippen molar-refractivity contribution >= 4 is 11.7 Å². The van der Waals surface area contributed by atoms with Gasteiger partial charge in [0.05, 0.1) is 11.0 Å². The fourth-order valence-electron chi connectivity index (χ4n) is 3.75. The highest BCUT2D eigenvalue weighted by atomic mass is 16.6. The van der Waals surface area contributed by atoms with Crippen LogP contribution in [-0.2, 0) is 16.0 Å². The quantitative estimate of drug-likeness (QED) is 0.260. The first-order chi connectivity index (χ1) is 16.0. The van der Waals surface area contributed by atoms with Crippen LogP contribution in [0.25, 0.3) is 0 Å². The molecule has 2 rings (SSSR count). The lowest BCUT2D eigenvalue weighted by Crippen LogP contribution is -2.48. The summed E-state index contributed by atoms with van der Waals surface area (Å²) in [7, 11) is 0. The molecule has 4 N–H and O–H groups in total. The molecule has 1 atom stereocenters. The fraction of sp³-hybridized carbons (Fsp3) is 0.696. The number of aryl methyl sites for hydroxylation is 1. The Hall–Kier alpha value is -2.11. The third kappa shape index (κ3) is 11.0. The predicted molar refractivity (Wildman–Crippen MR) is 129 cm³/mol. The molecule has 0 saturated carbocycles. The Kier molecular flexibility index (Phi) is 12.9. The van der Waals surface area contributed by atoms with Crippen molar-refractivity contribution in [3.05, 3.63) is 39.9 Å². The topological polar surface area (TPSA) is 121 Å². The summed E-state index contributed by atoms with van der Waals surface area (Å²) in [4.78, 5) is 25.7.